The first-order valence-corrected chi connectivity index (χ1v) is 7.43. The zero-order chi connectivity index (χ0) is 12.7. The Morgan fingerprint density at radius 1 is 1.28 bits per heavy atom. The molecule has 2 nitrogen and oxygen atoms in total. The van der Waals surface area contributed by atoms with Crippen LogP contribution in [0, 0.1) is 0 Å². The van der Waals surface area contributed by atoms with Crippen molar-refractivity contribution in [2.45, 2.75) is 25.2 Å². The third-order valence-electron chi connectivity index (χ3n) is 3.32. The van der Waals surface area contributed by atoms with Crippen LogP contribution >= 0.6 is 34.5 Å². The highest BCUT2D eigenvalue weighted by molar-refractivity contribution is 7.15. The quantitative estimate of drug-likeness (QED) is 0.842. The number of aryl methyl sites for hydroxylation is 1. The summed E-state index contributed by atoms with van der Waals surface area (Å²) in [4.78, 5) is 5.63. The number of fused-ring (bicyclic) bond motifs is 1. The molecule has 5 heteroatoms. The second-order valence-electron chi connectivity index (χ2n) is 4.44. The summed E-state index contributed by atoms with van der Waals surface area (Å²) >= 11 is 14.2. The largest absolute Gasteiger partial charge is 0.375 e. The Kier molecular flexibility index (Phi) is 3.22. The second kappa shape index (κ2) is 4.72. The normalized spacial score (nSPS) is 18.7. The molecule has 2 N–H and O–H groups in total. The van der Waals surface area contributed by atoms with Crippen LogP contribution in [0.1, 0.15) is 34.9 Å². The number of nitrogen functional groups attached to an aromatic ring is 1. The third-order valence-corrected chi connectivity index (χ3v) is 5.01. The van der Waals surface area contributed by atoms with Crippen LogP contribution in [-0.4, -0.2) is 4.98 Å². The van der Waals surface area contributed by atoms with Gasteiger partial charge in [0, 0.05) is 20.8 Å². The number of nitrogens with zero attached hydrogens (tertiary/aromatic N) is 1. The molecule has 1 aliphatic rings. The minimum atomic E-state index is 0.241. The van der Waals surface area contributed by atoms with Gasteiger partial charge in [-0.05, 0) is 37.0 Å². The summed E-state index contributed by atoms with van der Waals surface area (Å²) in [6, 6.07) is 5.65. The SMILES string of the molecule is Nc1nc2c(s1)C(c1c(Cl)cccc1Cl)CCC2. The molecule has 1 aromatic carbocycles. The minimum absolute atomic E-state index is 0.241. The van der Waals surface area contributed by atoms with E-state index in [1.54, 1.807) is 11.3 Å². The lowest BCUT2D eigenvalue weighted by molar-refractivity contribution is 0.617. The molecule has 0 amide bonds. The van der Waals surface area contributed by atoms with E-state index in [2.05, 4.69) is 4.98 Å². The molecule has 1 atom stereocenters. The van der Waals surface area contributed by atoms with Crippen molar-refractivity contribution in [1.82, 2.24) is 4.98 Å². The fourth-order valence-corrected chi connectivity index (χ4v) is 4.24. The van der Waals surface area contributed by atoms with Crippen molar-refractivity contribution >= 4 is 39.7 Å². The monoisotopic (exact) mass is 298 g/mol. The van der Waals surface area contributed by atoms with E-state index in [0.29, 0.717) is 5.13 Å². The van der Waals surface area contributed by atoms with E-state index in [0.717, 1.165) is 40.6 Å². The molecule has 94 valence electrons. The highest BCUT2D eigenvalue weighted by Crippen LogP contribution is 2.45. The Morgan fingerprint density at radius 3 is 2.72 bits per heavy atom. The van der Waals surface area contributed by atoms with Crippen molar-refractivity contribution < 1.29 is 0 Å². The Morgan fingerprint density at radius 2 is 2.00 bits per heavy atom. The van der Waals surface area contributed by atoms with Crippen LogP contribution < -0.4 is 5.73 Å². The number of halogens is 2. The van der Waals surface area contributed by atoms with Gasteiger partial charge in [-0.2, -0.15) is 0 Å². The Hall–Kier alpha value is -0.770. The average Bonchev–Trinajstić information content (AvgIpc) is 2.70. The topological polar surface area (TPSA) is 38.9 Å². The lowest BCUT2D eigenvalue weighted by atomic mass is 9.86. The number of hydrogen-bond donors (Lipinski definition) is 1. The van der Waals surface area contributed by atoms with Gasteiger partial charge in [0.2, 0.25) is 0 Å². The average molecular weight is 299 g/mol. The summed E-state index contributed by atoms with van der Waals surface area (Å²) in [5.74, 6) is 0.241. The van der Waals surface area contributed by atoms with Crippen LogP contribution in [0.2, 0.25) is 10.0 Å². The Bertz CT molecular complexity index is 574. The molecule has 0 saturated heterocycles. The molecule has 1 aliphatic carbocycles. The summed E-state index contributed by atoms with van der Waals surface area (Å²) in [5.41, 5.74) is 7.95. The van der Waals surface area contributed by atoms with Gasteiger partial charge in [-0.1, -0.05) is 29.3 Å². The molecule has 2 aromatic rings. The number of anilines is 1. The molecule has 0 spiro atoms. The number of aromatic nitrogens is 1. The van der Waals surface area contributed by atoms with E-state index in [9.17, 15) is 0 Å². The number of hydrogen-bond acceptors (Lipinski definition) is 3. The predicted octanol–water partition coefficient (Wildman–Crippen LogP) is 4.50. The van der Waals surface area contributed by atoms with Crippen molar-refractivity contribution in [3.05, 3.63) is 44.4 Å². The molecule has 1 aromatic heterocycles. The maximum atomic E-state index is 6.30. The lowest BCUT2D eigenvalue weighted by Crippen LogP contribution is -2.10. The van der Waals surface area contributed by atoms with Crippen LogP contribution in [0.5, 0.6) is 0 Å². The Labute approximate surface area is 120 Å². The van der Waals surface area contributed by atoms with Crippen LogP contribution in [0.15, 0.2) is 18.2 Å². The van der Waals surface area contributed by atoms with Crippen LogP contribution in [-0.2, 0) is 6.42 Å². The van der Waals surface area contributed by atoms with Gasteiger partial charge in [0.25, 0.3) is 0 Å². The zero-order valence-corrected chi connectivity index (χ0v) is 11.9. The molecule has 18 heavy (non-hydrogen) atoms. The van der Waals surface area contributed by atoms with Crippen molar-refractivity contribution in [1.29, 1.82) is 0 Å². The van der Waals surface area contributed by atoms with Crippen molar-refractivity contribution in [3.8, 4) is 0 Å². The van der Waals surface area contributed by atoms with E-state index < -0.39 is 0 Å². The molecule has 1 unspecified atom stereocenters. The summed E-state index contributed by atoms with van der Waals surface area (Å²) in [7, 11) is 0. The van der Waals surface area contributed by atoms with Gasteiger partial charge in [-0.3, -0.25) is 0 Å². The molecule has 1 heterocycles. The number of nitrogens with two attached hydrogens (primary N) is 1. The van der Waals surface area contributed by atoms with Gasteiger partial charge < -0.3 is 5.73 Å². The maximum Gasteiger partial charge on any atom is 0.180 e. The molecular weight excluding hydrogens is 287 g/mol. The fraction of sp³-hybridized carbons (Fsp3) is 0.308. The fourth-order valence-electron chi connectivity index (χ4n) is 2.56. The Balaban J connectivity index is 2.14. The zero-order valence-electron chi connectivity index (χ0n) is 9.62. The van der Waals surface area contributed by atoms with Gasteiger partial charge in [0.1, 0.15) is 0 Å². The lowest BCUT2D eigenvalue weighted by Gasteiger charge is -2.23. The molecule has 0 saturated carbocycles. The van der Waals surface area contributed by atoms with E-state index >= 15 is 0 Å². The van der Waals surface area contributed by atoms with Gasteiger partial charge in [0.15, 0.2) is 5.13 Å². The first-order chi connectivity index (χ1) is 8.66. The van der Waals surface area contributed by atoms with E-state index in [1.807, 2.05) is 18.2 Å². The molecule has 0 bridgehead atoms. The number of benzene rings is 1. The van der Waals surface area contributed by atoms with Gasteiger partial charge in [-0.15, -0.1) is 11.3 Å². The van der Waals surface area contributed by atoms with E-state index in [1.165, 1.54) is 4.88 Å². The third kappa shape index (κ3) is 2.00. The maximum absolute atomic E-state index is 6.30. The summed E-state index contributed by atoms with van der Waals surface area (Å²) in [6.07, 6.45) is 3.15. The molecule has 0 aliphatic heterocycles. The minimum Gasteiger partial charge on any atom is -0.375 e. The second-order valence-corrected chi connectivity index (χ2v) is 6.32. The van der Waals surface area contributed by atoms with Crippen LogP contribution in [0.4, 0.5) is 5.13 Å². The predicted molar refractivity (Wildman–Crippen MR) is 77.8 cm³/mol. The summed E-state index contributed by atoms with van der Waals surface area (Å²) in [6.45, 7) is 0. The number of thiazole rings is 1. The summed E-state index contributed by atoms with van der Waals surface area (Å²) < 4.78 is 0. The first-order valence-electron chi connectivity index (χ1n) is 5.86. The van der Waals surface area contributed by atoms with Gasteiger partial charge >= 0.3 is 0 Å². The van der Waals surface area contributed by atoms with E-state index in [4.69, 9.17) is 28.9 Å². The summed E-state index contributed by atoms with van der Waals surface area (Å²) in [5, 5.41) is 2.09. The smallest absolute Gasteiger partial charge is 0.180 e. The van der Waals surface area contributed by atoms with Crippen molar-refractivity contribution in [3.63, 3.8) is 0 Å². The standard InChI is InChI=1S/C13H12Cl2N2S/c14-8-4-2-5-9(15)11(8)7-3-1-6-10-12(7)18-13(16)17-10/h2,4-5,7H,1,3,6H2,(H2,16,17). The van der Waals surface area contributed by atoms with Crippen LogP contribution in [0.3, 0.4) is 0 Å². The molecule has 0 fully saturated rings. The van der Waals surface area contributed by atoms with Crippen molar-refractivity contribution in [2.24, 2.45) is 0 Å². The highest BCUT2D eigenvalue weighted by atomic mass is 35.5. The van der Waals surface area contributed by atoms with Crippen molar-refractivity contribution in [2.75, 3.05) is 5.73 Å². The number of rotatable bonds is 1. The molecule has 3 rings (SSSR count). The van der Waals surface area contributed by atoms with E-state index in [-0.39, 0.29) is 5.92 Å². The highest BCUT2D eigenvalue weighted by Gasteiger charge is 2.28. The van der Waals surface area contributed by atoms with Gasteiger partial charge in [0.05, 0.1) is 5.69 Å². The molecule has 0 radical (unpaired) electrons. The van der Waals surface area contributed by atoms with Crippen LogP contribution in [0.25, 0.3) is 0 Å². The first kappa shape index (κ1) is 12.3. The van der Waals surface area contributed by atoms with Gasteiger partial charge in [-0.25, -0.2) is 4.98 Å². The molecular formula is C13H12Cl2N2S.